The van der Waals surface area contributed by atoms with Crippen molar-refractivity contribution in [3.8, 4) is 0 Å². The summed E-state index contributed by atoms with van der Waals surface area (Å²) in [4.78, 5) is 11.7. The third-order valence-corrected chi connectivity index (χ3v) is 3.06. The van der Waals surface area contributed by atoms with Crippen molar-refractivity contribution >= 4 is 28.3 Å². The summed E-state index contributed by atoms with van der Waals surface area (Å²) >= 11 is 5.65. The summed E-state index contributed by atoms with van der Waals surface area (Å²) in [5, 5.41) is 3.95. The van der Waals surface area contributed by atoms with Gasteiger partial charge in [0, 0.05) is 18.1 Å². The van der Waals surface area contributed by atoms with E-state index in [1.165, 1.54) is 0 Å². The molecule has 3 aromatic rings. The summed E-state index contributed by atoms with van der Waals surface area (Å²) in [6.07, 6.45) is 2.77. The molecule has 3 rings (SSSR count). The van der Waals surface area contributed by atoms with E-state index >= 15 is 0 Å². The van der Waals surface area contributed by atoms with Gasteiger partial charge < -0.3 is 5.32 Å². The summed E-state index contributed by atoms with van der Waals surface area (Å²) in [7, 11) is 0. The molecule has 0 bridgehead atoms. The minimum Gasteiger partial charge on any atom is -0.363 e. The fourth-order valence-corrected chi connectivity index (χ4v) is 2.09. The number of hydrogen-bond acceptors (Lipinski definition) is 4. The van der Waals surface area contributed by atoms with Gasteiger partial charge in [-0.2, -0.15) is 4.98 Å². The fourth-order valence-electron chi connectivity index (χ4n) is 1.96. The summed E-state index contributed by atoms with van der Waals surface area (Å²) in [5.74, 6) is -0.458. The van der Waals surface area contributed by atoms with E-state index in [4.69, 9.17) is 11.6 Å². The lowest BCUT2D eigenvalue weighted by Gasteiger charge is -2.08. The van der Waals surface area contributed by atoms with Gasteiger partial charge in [-0.15, -0.1) is 0 Å². The Morgan fingerprint density at radius 2 is 2.00 bits per heavy atom. The van der Waals surface area contributed by atoms with Crippen molar-refractivity contribution in [3.05, 3.63) is 59.4 Å². The van der Waals surface area contributed by atoms with Crippen LogP contribution in [-0.2, 0) is 6.54 Å². The number of rotatable bonds is 3. The normalized spacial score (nSPS) is 10.7. The molecule has 100 valence electrons. The fraction of sp³-hybridized carbons (Fsp3) is 0.0714. The van der Waals surface area contributed by atoms with Gasteiger partial charge in [-0.3, -0.25) is 4.98 Å². The lowest BCUT2D eigenvalue weighted by atomic mass is 10.1. The zero-order chi connectivity index (χ0) is 13.9. The van der Waals surface area contributed by atoms with E-state index in [9.17, 15) is 4.39 Å². The van der Waals surface area contributed by atoms with E-state index in [-0.39, 0.29) is 11.1 Å². The number of nitrogens with zero attached hydrogens (tertiary/aromatic N) is 3. The summed E-state index contributed by atoms with van der Waals surface area (Å²) < 4.78 is 13.5. The van der Waals surface area contributed by atoms with Crippen LogP contribution in [0.4, 0.5) is 10.2 Å². The smallest absolute Gasteiger partial charge is 0.224 e. The lowest BCUT2D eigenvalue weighted by molar-refractivity contribution is 0.616. The number of anilines is 1. The minimum atomic E-state index is -0.539. The van der Waals surface area contributed by atoms with Crippen LogP contribution in [0.15, 0.2) is 42.7 Å². The molecule has 0 amide bonds. The maximum Gasteiger partial charge on any atom is 0.224 e. The first-order chi connectivity index (χ1) is 9.74. The number of hydrogen-bond donors (Lipinski definition) is 1. The molecule has 4 nitrogen and oxygen atoms in total. The molecule has 0 spiro atoms. The van der Waals surface area contributed by atoms with Crippen LogP contribution in [0.25, 0.3) is 10.9 Å². The second kappa shape index (κ2) is 5.38. The standard InChI is InChI=1S/C14H10ClFN4/c15-14-19-8-11(16)13(20-14)18-7-10-4-1-3-9-5-2-6-17-12(9)10/h1-6,8H,7H2,(H,18,19,20). The van der Waals surface area contributed by atoms with Gasteiger partial charge in [0.25, 0.3) is 0 Å². The van der Waals surface area contributed by atoms with Crippen LogP contribution < -0.4 is 5.32 Å². The molecule has 20 heavy (non-hydrogen) atoms. The largest absolute Gasteiger partial charge is 0.363 e. The van der Waals surface area contributed by atoms with Gasteiger partial charge in [0.1, 0.15) is 0 Å². The number of aromatic nitrogens is 3. The Labute approximate surface area is 119 Å². The average molecular weight is 289 g/mol. The average Bonchev–Trinajstić information content (AvgIpc) is 2.48. The summed E-state index contributed by atoms with van der Waals surface area (Å²) in [6, 6.07) is 9.71. The number of nitrogens with one attached hydrogen (secondary N) is 1. The predicted octanol–water partition coefficient (Wildman–Crippen LogP) is 3.43. The second-order valence-electron chi connectivity index (χ2n) is 4.18. The highest BCUT2D eigenvalue weighted by Gasteiger charge is 2.07. The van der Waals surface area contributed by atoms with Crippen molar-refractivity contribution in [2.24, 2.45) is 0 Å². The number of pyridine rings is 1. The molecule has 0 atom stereocenters. The van der Waals surface area contributed by atoms with Crippen LogP contribution in [-0.4, -0.2) is 15.0 Å². The van der Waals surface area contributed by atoms with Gasteiger partial charge in [0.15, 0.2) is 11.6 Å². The Balaban J connectivity index is 1.89. The molecule has 0 saturated heterocycles. The first-order valence-corrected chi connectivity index (χ1v) is 6.36. The first-order valence-electron chi connectivity index (χ1n) is 5.98. The Kier molecular flexibility index (Phi) is 3.43. The zero-order valence-corrected chi connectivity index (χ0v) is 11.1. The first kappa shape index (κ1) is 12.7. The highest BCUT2D eigenvalue weighted by atomic mass is 35.5. The molecule has 0 radical (unpaired) electrons. The molecule has 0 aliphatic carbocycles. The molecular weight excluding hydrogens is 279 g/mol. The maximum absolute atomic E-state index is 13.5. The van der Waals surface area contributed by atoms with Gasteiger partial charge in [-0.05, 0) is 23.2 Å². The van der Waals surface area contributed by atoms with Crippen LogP contribution in [0.5, 0.6) is 0 Å². The van der Waals surface area contributed by atoms with Gasteiger partial charge in [0.2, 0.25) is 5.28 Å². The summed E-state index contributed by atoms with van der Waals surface area (Å²) in [5.41, 5.74) is 1.83. The molecule has 1 N–H and O–H groups in total. The van der Waals surface area contributed by atoms with Crippen LogP contribution >= 0.6 is 11.6 Å². The molecule has 0 aliphatic heterocycles. The van der Waals surface area contributed by atoms with Gasteiger partial charge >= 0.3 is 0 Å². The van der Waals surface area contributed by atoms with Gasteiger partial charge in [-0.1, -0.05) is 24.3 Å². The zero-order valence-electron chi connectivity index (χ0n) is 10.3. The molecular formula is C14H10ClFN4. The van der Waals surface area contributed by atoms with Crippen LogP contribution in [0.3, 0.4) is 0 Å². The minimum absolute atomic E-state index is 0.00458. The SMILES string of the molecule is Fc1cnc(Cl)nc1NCc1cccc2cccnc12. The second-order valence-corrected chi connectivity index (χ2v) is 4.52. The third-order valence-electron chi connectivity index (χ3n) is 2.88. The number of benzene rings is 1. The molecule has 0 saturated carbocycles. The number of para-hydroxylation sites is 1. The van der Waals surface area contributed by atoms with Gasteiger partial charge in [-0.25, -0.2) is 9.37 Å². The maximum atomic E-state index is 13.5. The Morgan fingerprint density at radius 1 is 1.15 bits per heavy atom. The lowest BCUT2D eigenvalue weighted by Crippen LogP contribution is -2.05. The number of fused-ring (bicyclic) bond motifs is 1. The molecule has 2 aromatic heterocycles. The highest BCUT2D eigenvalue weighted by Crippen LogP contribution is 2.18. The van der Waals surface area contributed by atoms with E-state index in [1.54, 1.807) is 6.20 Å². The molecule has 0 aliphatic rings. The van der Waals surface area contributed by atoms with Crippen molar-refractivity contribution in [2.75, 3.05) is 5.32 Å². The van der Waals surface area contributed by atoms with Crippen LogP contribution in [0, 0.1) is 5.82 Å². The van der Waals surface area contributed by atoms with Crippen LogP contribution in [0.1, 0.15) is 5.56 Å². The predicted molar refractivity (Wildman–Crippen MR) is 76.1 cm³/mol. The number of halogens is 2. The van der Waals surface area contributed by atoms with E-state index in [0.717, 1.165) is 22.7 Å². The van der Waals surface area contributed by atoms with E-state index in [1.807, 2.05) is 30.3 Å². The molecule has 1 aromatic carbocycles. The Morgan fingerprint density at radius 3 is 2.90 bits per heavy atom. The van der Waals surface area contributed by atoms with Crippen molar-refractivity contribution in [1.82, 2.24) is 15.0 Å². The van der Waals surface area contributed by atoms with E-state index < -0.39 is 5.82 Å². The van der Waals surface area contributed by atoms with Crippen molar-refractivity contribution in [3.63, 3.8) is 0 Å². The van der Waals surface area contributed by atoms with Crippen LogP contribution in [0.2, 0.25) is 5.28 Å². The van der Waals surface area contributed by atoms with Crippen molar-refractivity contribution < 1.29 is 4.39 Å². The molecule has 0 unspecified atom stereocenters. The third kappa shape index (κ3) is 2.53. The van der Waals surface area contributed by atoms with E-state index in [0.29, 0.717) is 6.54 Å². The molecule has 0 fully saturated rings. The van der Waals surface area contributed by atoms with Gasteiger partial charge in [0.05, 0.1) is 11.7 Å². The van der Waals surface area contributed by atoms with Crippen molar-refractivity contribution in [2.45, 2.75) is 6.54 Å². The molecule has 2 heterocycles. The Bertz CT molecular complexity index is 758. The summed E-state index contributed by atoms with van der Waals surface area (Å²) in [6.45, 7) is 0.401. The topological polar surface area (TPSA) is 50.7 Å². The monoisotopic (exact) mass is 288 g/mol. The van der Waals surface area contributed by atoms with E-state index in [2.05, 4.69) is 20.3 Å². The highest BCUT2D eigenvalue weighted by molar-refractivity contribution is 6.28. The Hall–Kier alpha value is -2.27. The molecule has 6 heteroatoms. The van der Waals surface area contributed by atoms with Crippen molar-refractivity contribution in [1.29, 1.82) is 0 Å². The quantitative estimate of drug-likeness (QED) is 0.750.